The molecule has 1 aromatic carbocycles. The van der Waals surface area contributed by atoms with E-state index in [1.54, 1.807) is 13.1 Å². The summed E-state index contributed by atoms with van der Waals surface area (Å²) in [5, 5.41) is 22.1. The van der Waals surface area contributed by atoms with E-state index in [0.717, 1.165) is 16.6 Å². The van der Waals surface area contributed by atoms with Gasteiger partial charge in [-0.1, -0.05) is 18.2 Å². The maximum absolute atomic E-state index is 9.72. The molecule has 4 nitrogen and oxygen atoms in total. The van der Waals surface area contributed by atoms with Crippen LogP contribution >= 0.6 is 0 Å². The minimum Gasteiger partial charge on any atom is -0.391 e. The largest absolute Gasteiger partial charge is 0.391 e. The third-order valence-corrected chi connectivity index (χ3v) is 3.05. The zero-order chi connectivity index (χ0) is 12.5. The first-order valence-electron chi connectivity index (χ1n) is 5.67. The number of aliphatic hydroxyl groups is 1. The van der Waals surface area contributed by atoms with Crippen LogP contribution in [-0.2, 0) is 0 Å². The third kappa shape index (κ3) is 2.36. The van der Waals surface area contributed by atoms with Crippen molar-refractivity contribution in [3.63, 3.8) is 0 Å². The van der Waals surface area contributed by atoms with Gasteiger partial charge in [0.2, 0.25) is 0 Å². The number of aliphatic hydroxyl groups excluding tert-OH is 1. The van der Waals surface area contributed by atoms with E-state index in [0.29, 0.717) is 0 Å². The second kappa shape index (κ2) is 4.30. The molecule has 1 unspecified atom stereocenters. The van der Waals surface area contributed by atoms with Crippen LogP contribution in [0, 0.1) is 0 Å². The fourth-order valence-corrected chi connectivity index (χ4v) is 1.56. The van der Waals surface area contributed by atoms with Crippen LogP contribution in [0.2, 0.25) is 0 Å². The molecule has 0 saturated heterocycles. The molecule has 90 valence electrons. The molecule has 17 heavy (non-hydrogen) atoms. The lowest BCUT2D eigenvalue weighted by molar-refractivity contribution is 0.133. The third-order valence-electron chi connectivity index (χ3n) is 3.05. The minimum atomic E-state index is -0.463. The summed E-state index contributed by atoms with van der Waals surface area (Å²) in [4.78, 5) is 0. The SMILES string of the molecule is CC(O)C(C)(C)Nc1cnnc2ccccc12. The van der Waals surface area contributed by atoms with Gasteiger partial charge in [0.05, 0.1) is 29.0 Å². The normalized spacial score (nSPS) is 13.6. The van der Waals surface area contributed by atoms with Gasteiger partial charge < -0.3 is 10.4 Å². The van der Waals surface area contributed by atoms with Crippen LogP contribution < -0.4 is 5.32 Å². The summed E-state index contributed by atoms with van der Waals surface area (Å²) in [5.74, 6) is 0. The van der Waals surface area contributed by atoms with Gasteiger partial charge in [-0.25, -0.2) is 0 Å². The van der Waals surface area contributed by atoms with E-state index in [9.17, 15) is 5.11 Å². The number of nitrogens with one attached hydrogen (secondary N) is 1. The molecule has 1 atom stereocenters. The van der Waals surface area contributed by atoms with Gasteiger partial charge >= 0.3 is 0 Å². The summed E-state index contributed by atoms with van der Waals surface area (Å²) in [5.41, 5.74) is 1.33. The number of anilines is 1. The minimum absolute atomic E-state index is 0.411. The highest BCUT2D eigenvalue weighted by atomic mass is 16.3. The number of rotatable bonds is 3. The zero-order valence-corrected chi connectivity index (χ0v) is 10.3. The first-order chi connectivity index (χ1) is 8.00. The van der Waals surface area contributed by atoms with E-state index >= 15 is 0 Å². The Hall–Kier alpha value is -1.68. The predicted octanol–water partition coefficient (Wildman–Crippen LogP) is 2.20. The van der Waals surface area contributed by atoms with E-state index < -0.39 is 11.6 Å². The average Bonchev–Trinajstić information content (AvgIpc) is 2.29. The Morgan fingerprint density at radius 1 is 1.29 bits per heavy atom. The Balaban J connectivity index is 2.43. The molecule has 0 radical (unpaired) electrons. The lowest BCUT2D eigenvalue weighted by atomic mass is 9.98. The summed E-state index contributed by atoms with van der Waals surface area (Å²) < 4.78 is 0. The van der Waals surface area contributed by atoms with Gasteiger partial charge in [0.15, 0.2) is 0 Å². The van der Waals surface area contributed by atoms with Gasteiger partial charge in [0.1, 0.15) is 0 Å². The molecule has 2 rings (SSSR count). The highest BCUT2D eigenvalue weighted by Crippen LogP contribution is 2.24. The lowest BCUT2D eigenvalue weighted by Crippen LogP contribution is -2.41. The first-order valence-corrected chi connectivity index (χ1v) is 5.67. The maximum Gasteiger partial charge on any atom is 0.0950 e. The molecule has 0 saturated carbocycles. The number of hydrogen-bond acceptors (Lipinski definition) is 4. The highest BCUT2D eigenvalue weighted by molar-refractivity contribution is 5.90. The van der Waals surface area contributed by atoms with Gasteiger partial charge in [0.25, 0.3) is 0 Å². The van der Waals surface area contributed by atoms with Crippen LogP contribution in [0.25, 0.3) is 10.9 Å². The summed E-state index contributed by atoms with van der Waals surface area (Å²) in [7, 11) is 0. The number of hydrogen-bond donors (Lipinski definition) is 2. The lowest BCUT2D eigenvalue weighted by Gasteiger charge is -2.30. The van der Waals surface area contributed by atoms with Crippen LogP contribution in [0.1, 0.15) is 20.8 Å². The topological polar surface area (TPSA) is 58.0 Å². The number of nitrogens with zero attached hydrogens (tertiary/aromatic N) is 2. The van der Waals surface area contributed by atoms with Gasteiger partial charge in [-0.05, 0) is 26.8 Å². The number of aromatic nitrogens is 2. The Morgan fingerprint density at radius 2 is 2.00 bits per heavy atom. The van der Waals surface area contributed by atoms with Crippen molar-refractivity contribution in [2.24, 2.45) is 0 Å². The van der Waals surface area contributed by atoms with Crippen LogP contribution in [-0.4, -0.2) is 26.9 Å². The second-order valence-corrected chi connectivity index (χ2v) is 4.80. The van der Waals surface area contributed by atoms with Crippen molar-refractivity contribution in [2.45, 2.75) is 32.4 Å². The molecule has 0 amide bonds. The zero-order valence-electron chi connectivity index (χ0n) is 10.3. The predicted molar refractivity (Wildman–Crippen MR) is 68.9 cm³/mol. The molecule has 1 heterocycles. The number of fused-ring (bicyclic) bond motifs is 1. The fraction of sp³-hybridized carbons (Fsp3) is 0.385. The van der Waals surface area contributed by atoms with E-state index in [1.165, 1.54) is 0 Å². The van der Waals surface area contributed by atoms with E-state index in [2.05, 4.69) is 15.5 Å². The van der Waals surface area contributed by atoms with Crippen LogP contribution in [0.3, 0.4) is 0 Å². The van der Waals surface area contributed by atoms with E-state index in [4.69, 9.17) is 0 Å². The maximum atomic E-state index is 9.72. The second-order valence-electron chi connectivity index (χ2n) is 4.80. The molecular formula is C13H17N3O. The smallest absolute Gasteiger partial charge is 0.0950 e. The molecule has 0 spiro atoms. The molecule has 0 fully saturated rings. The molecular weight excluding hydrogens is 214 g/mol. The first kappa shape index (κ1) is 11.8. The quantitative estimate of drug-likeness (QED) is 0.850. The van der Waals surface area contributed by atoms with Crippen molar-refractivity contribution in [3.05, 3.63) is 30.5 Å². The Bertz CT molecular complexity index is 518. The Kier molecular flexibility index (Phi) is 2.98. The van der Waals surface area contributed by atoms with Gasteiger partial charge in [-0.2, -0.15) is 10.2 Å². The fourth-order valence-electron chi connectivity index (χ4n) is 1.56. The Morgan fingerprint density at radius 3 is 2.71 bits per heavy atom. The highest BCUT2D eigenvalue weighted by Gasteiger charge is 2.24. The summed E-state index contributed by atoms with van der Waals surface area (Å²) in [6, 6.07) is 7.80. The molecule has 1 aromatic heterocycles. The molecule has 0 aliphatic carbocycles. The Labute approximate surface area is 101 Å². The van der Waals surface area contributed by atoms with Crippen molar-refractivity contribution < 1.29 is 5.11 Å². The summed E-state index contributed by atoms with van der Waals surface area (Å²) in [6.45, 7) is 5.67. The van der Waals surface area contributed by atoms with Gasteiger partial charge in [0, 0.05) is 5.39 Å². The van der Waals surface area contributed by atoms with Crippen LogP contribution in [0.5, 0.6) is 0 Å². The van der Waals surface area contributed by atoms with Crippen molar-refractivity contribution in [1.29, 1.82) is 0 Å². The van der Waals surface area contributed by atoms with Gasteiger partial charge in [-0.15, -0.1) is 0 Å². The van der Waals surface area contributed by atoms with Crippen molar-refractivity contribution >= 4 is 16.6 Å². The van der Waals surface area contributed by atoms with Crippen molar-refractivity contribution in [1.82, 2.24) is 10.2 Å². The van der Waals surface area contributed by atoms with E-state index in [-0.39, 0.29) is 0 Å². The van der Waals surface area contributed by atoms with Gasteiger partial charge in [-0.3, -0.25) is 0 Å². The standard InChI is InChI=1S/C13H17N3O/c1-9(17)13(2,3)15-12-8-14-16-11-7-5-4-6-10(11)12/h4-9,17H,1-3H3,(H,15,16). The monoisotopic (exact) mass is 231 g/mol. The average molecular weight is 231 g/mol. The molecule has 2 aromatic rings. The summed E-state index contributed by atoms with van der Waals surface area (Å²) in [6.07, 6.45) is 1.22. The van der Waals surface area contributed by atoms with Crippen molar-refractivity contribution in [2.75, 3.05) is 5.32 Å². The van der Waals surface area contributed by atoms with Crippen LogP contribution in [0.4, 0.5) is 5.69 Å². The molecule has 4 heteroatoms. The molecule has 0 aliphatic heterocycles. The molecule has 0 aliphatic rings. The van der Waals surface area contributed by atoms with Crippen molar-refractivity contribution in [3.8, 4) is 0 Å². The molecule has 2 N–H and O–H groups in total. The van der Waals surface area contributed by atoms with Crippen LogP contribution in [0.15, 0.2) is 30.5 Å². The molecule has 0 bridgehead atoms. The van der Waals surface area contributed by atoms with E-state index in [1.807, 2.05) is 38.1 Å². The summed E-state index contributed by atoms with van der Waals surface area (Å²) >= 11 is 0. The number of benzene rings is 1.